The third-order valence-corrected chi connectivity index (χ3v) is 5.55. The lowest BCUT2D eigenvalue weighted by Crippen LogP contribution is -2.45. The third-order valence-electron chi connectivity index (χ3n) is 5.55. The number of rotatable bonds is 1. The zero-order valence-corrected chi connectivity index (χ0v) is 12.3. The number of fused-ring (bicyclic) bond motifs is 3. The second kappa shape index (κ2) is 5.35. The van der Waals surface area contributed by atoms with Crippen LogP contribution in [0, 0.1) is 23.2 Å². The number of anilines is 1. The maximum absolute atomic E-state index is 9.15. The zero-order chi connectivity index (χ0) is 14.2. The molecule has 1 aromatic rings. The van der Waals surface area contributed by atoms with E-state index in [1.807, 2.05) is 12.1 Å². The fourth-order valence-electron chi connectivity index (χ4n) is 4.56. The van der Waals surface area contributed by atoms with Crippen molar-refractivity contribution in [3.63, 3.8) is 0 Å². The van der Waals surface area contributed by atoms with Crippen LogP contribution in [0.1, 0.15) is 55.8 Å². The summed E-state index contributed by atoms with van der Waals surface area (Å²) in [5, 5.41) is 12.9. The molecule has 0 unspecified atom stereocenters. The molecule has 1 saturated carbocycles. The summed E-state index contributed by atoms with van der Waals surface area (Å²) >= 11 is 0. The first-order valence-electron chi connectivity index (χ1n) is 8.29. The summed E-state index contributed by atoms with van der Waals surface area (Å²) in [6.07, 6.45) is 8.06. The molecule has 1 aromatic carbocycles. The van der Waals surface area contributed by atoms with Crippen LogP contribution in [0.5, 0.6) is 0 Å². The molecule has 3 heteroatoms. The fraction of sp³-hybridized carbons (Fsp3) is 0.611. The lowest BCUT2D eigenvalue weighted by Gasteiger charge is -2.45. The fourth-order valence-corrected chi connectivity index (χ4v) is 4.56. The van der Waals surface area contributed by atoms with Crippen LogP contribution in [0.4, 0.5) is 5.69 Å². The molecule has 0 spiro atoms. The van der Waals surface area contributed by atoms with E-state index in [1.54, 1.807) is 0 Å². The van der Waals surface area contributed by atoms with Gasteiger partial charge in [0.25, 0.3) is 0 Å². The minimum absolute atomic E-state index is 0.189. The monoisotopic (exact) mass is 282 g/mol. The van der Waals surface area contributed by atoms with Crippen LogP contribution >= 0.6 is 0 Å². The van der Waals surface area contributed by atoms with Gasteiger partial charge in [0.1, 0.15) is 0 Å². The van der Waals surface area contributed by atoms with Crippen molar-refractivity contribution < 1.29 is 4.74 Å². The van der Waals surface area contributed by atoms with Gasteiger partial charge >= 0.3 is 0 Å². The van der Waals surface area contributed by atoms with E-state index in [-0.39, 0.29) is 6.10 Å². The van der Waals surface area contributed by atoms with Gasteiger partial charge in [0.05, 0.1) is 17.7 Å². The van der Waals surface area contributed by atoms with E-state index in [2.05, 4.69) is 17.5 Å². The van der Waals surface area contributed by atoms with E-state index in [1.165, 1.54) is 49.8 Å². The van der Waals surface area contributed by atoms with Crippen molar-refractivity contribution in [2.24, 2.45) is 11.8 Å². The smallest absolute Gasteiger partial charge is 0.0991 e. The standard InChI is InChI=1S/C18H22N2O/c19-11-12-7-8-16-15(10-12)18-14(6-3-9-21-18)17(20-16)13-4-1-2-5-13/h7-8,10,13-14,17-18,20H,1-6,9H2/t14-,17+,18-/m0/s1. The van der Waals surface area contributed by atoms with E-state index >= 15 is 0 Å². The van der Waals surface area contributed by atoms with Gasteiger partial charge in [-0.25, -0.2) is 0 Å². The van der Waals surface area contributed by atoms with E-state index in [0.29, 0.717) is 12.0 Å². The van der Waals surface area contributed by atoms with Crippen molar-refractivity contribution in [2.45, 2.75) is 50.7 Å². The molecule has 1 N–H and O–H groups in total. The SMILES string of the molecule is N#Cc1ccc2c(c1)[C@H]1OCCC[C@H]1[C@@H](C1CCCC1)N2. The predicted molar refractivity (Wildman–Crippen MR) is 81.9 cm³/mol. The Labute approximate surface area is 126 Å². The lowest BCUT2D eigenvalue weighted by atomic mass is 9.74. The Bertz CT molecular complexity index is 571. The van der Waals surface area contributed by atoms with Gasteiger partial charge < -0.3 is 10.1 Å². The molecule has 110 valence electrons. The summed E-state index contributed by atoms with van der Waals surface area (Å²) in [6, 6.07) is 8.82. The quantitative estimate of drug-likeness (QED) is 0.846. The summed E-state index contributed by atoms with van der Waals surface area (Å²) in [7, 11) is 0. The molecule has 0 bridgehead atoms. The number of nitriles is 1. The Balaban J connectivity index is 1.72. The highest BCUT2D eigenvalue weighted by Crippen LogP contribution is 2.48. The van der Waals surface area contributed by atoms with Gasteiger partial charge in [-0.05, 0) is 49.8 Å². The molecule has 21 heavy (non-hydrogen) atoms. The Morgan fingerprint density at radius 2 is 2.00 bits per heavy atom. The van der Waals surface area contributed by atoms with E-state index in [0.717, 1.165) is 18.1 Å². The number of benzene rings is 1. The van der Waals surface area contributed by atoms with Gasteiger partial charge in [0.15, 0.2) is 0 Å². The maximum Gasteiger partial charge on any atom is 0.0991 e. The van der Waals surface area contributed by atoms with E-state index in [9.17, 15) is 0 Å². The van der Waals surface area contributed by atoms with Gasteiger partial charge in [0.2, 0.25) is 0 Å². The van der Waals surface area contributed by atoms with Crippen molar-refractivity contribution in [1.29, 1.82) is 5.26 Å². The molecule has 2 fully saturated rings. The average molecular weight is 282 g/mol. The molecule has 0 radical (unpaired) electrons. The summed E-state index contributed by atoms with van der Waals surface area (Å²) in [4.78, 5) is 0. The number of ether oxygens (including phenoxy) is 1. The number of hydrogen-bond acceptors (Lipinski definition) is 3. The van der Waals surface area contributed by atoms with Crippen LogP contribution in [0.25, 0.3) is 0 Å². The maximum atomic E-state index is 9.15. The van der Waals surface area contributed by atoms with Crippen LogP contribution in [-0.2, 0) is 4.74 Å². The van der Waals surface area contributed by atoms with Gasteiger partial charge in [-0.1, -0.05) is 12.8 Å². The number of nitrogens with one attached hydrogen (secondary N) is 1. The summed E-state index contributed by atoms with van der Waals surface area (Å²) in [5.74, 6) is 1.37. The Morgan fingerprint density at radius 3 is 2.81 bits per heavy atom. The Morgan fingerprint density at radius 1 is 1.14 bits per heavy atom. The minimum Gasteiger partial charge on any atom is -0.381 e. The van der Waals surface area contributed by atoms with E-state index in [4.69, 9.17) is 10.00 Å². The van der Waals surface area contributed by atoms with Crippen molar-refractivity contribution in [3.05, 3.63) is 29.3 Å². The van der Waals surface area contributed by atoms with Crippen LogP contribution in [0.15, 0.2) is 18.2 Å². The molecule has 2 heterocycles. The summed E-state index contributed by atoms with van der Waals surface area (Å²) < 4.78 is 6.15. The zero-order valence-electron chi connectivity index (χ0n) is 12.3. The molecular weight excluding hydrogens is 260 g/mol. The van der Waals surface area contributed by atoms with Crippen molar-refractivity contribution in [1.82, 2.24) is 0 Å². The van der Waals surface area contributed by atoms with Gasteiger partial charge in [-0.3, -0.25) is 0 Å². The summed E-state index contributed by atoms with van der Waals surface area (Å²) in [5.41, 5.74) is 3.13. The van der Waals surface area contributed by atoms with Crippen molar-refractivity contribution in [3.8, 4) is 6.07 Å². The third kappa shape index (κ3) is 2.22. The highest BCUT2D eigenvalue weighted by Gasteiger charge is 2.42. The molecule has 4 rings (SSSR count). The lowest BCUT2D eigenvalue weighted by molar-refractivity contribution is -0.0436. The Kier molecular flexibility index (Phi) is 3.35. The second-order valence-electron chi connectivity index (χ2n) is 6.73. The molecule has 1 saturated heterocycles. The summed E-state index contributed by atoms with van der Waals surface area (Å²) in [6.45, 7) is 0.856. The molecule has 3 nitrogen and oxygen atoms in total. The average Bonchev–Trinajstić information content (AvgIpc) is 3.08. The predicted octanol–water partition coefficient (Wildman–Crippen LogP) is 4.01. The first-order valence-corrected chi connectivity index (χ1v) is 8.29. The highest BCUT2D eigenvalue weighted by atomic mass is 16.5. The molecular formula is C18H22N2O. The normalized spacial score (nSPS) is 31.9. The van der Waals surface area contributed by atoms with Gasteiger partial charge in [-0.2, -0.15) is 5.26 Å². The van der Waals surface area contributed by atoms with Crippen molar-refractivity contribution >= 4 is 5.69 Å². The van der Waals surface area contributed by atoms with Gasteiger partial charge in [0, 0.05) is 29.8 Å². The second-order valence-corrected chi connectivity index (χ2v) is 6.73. The van der Waals surface area contributed by atoms with Crippen LogP contribution in [0.3, 0.4) is 0 Å². The molecule has 3 atom stereocenters. The van der Waals surface area contributed by atoms with Gasteiger partial charge in [-0.15, -0.1) is 0 Å². The van der Waals surface area contributed by atoms with Crippen LogP contribution < -0.4 is 5.32 Å². The first kappa shape index (κ1) is 13.2. The Hall–Kier alpha value is -1.53. The molecule has 0 amide bonds. The number of hydrogen-bond donors (Lipinski definition) is 1. The molecule has 1 aliphatic carbocycles. The van der Waals surface area contributed by atoms with Crippen LogP contribution in [-0.4, -0.2) is 12.6 Å². The van der Waals surface area contributed by atoms with E-state index < -0.39 is 0 Å². The molecule has 2 aliphatic heterocycles. The highest BCUT2D eigenvalue weighted by molar-refractivity contribution is 5.59. The van der Waals surface area contributed by atoms with Crippen molar-refractivity contribution in [2.75, 3.05) is 11.9 Å². The minimum atomic E-state index is 0.189. The molecule has 0 aromatic heterocycles. The molecule has 3 aliphatic rings. The van der Waals surface area contributed by atoms with Crippen LogP contribution in [0.2, 0.25) is 0 Å². The number of nitrogens with zero attached hydrogens (tertiary/aromatic N) is 1. The largest absolute Gasteiger partial charge is 0.381 e. The first-order chi connectivity index (χ1) is 10.4. The topological polar surface area (TPSA) is 45.0 Å².